The van der Waals surface area contributed by atoms with Crippen LogP contribution in [0.3, 0.4) is 0 Å². The van der Waals surface area contributed by atoms with E-state index in [1.807, 2.05) is 0 Å². The van der Waals surface area contributed by atoms with Crippen LogP contribution < -0.4 is 5.56 Å². The molecule has 0 spiro atoms. The number of aromatic hydroxyl groups is 1. The molecule has 2 aromatic heterocycles. The monoisotopic (exact) mass is 232 g/mol. The molecule has 0 aliphatic heterocycles. The predicted molar refractivity (Wildman–Crippen MR) is 64.1 cm³/mol. The summed E-state index contributed by atoms with van der Waals surface area (Å²) in [6.45, 7) is 1.75. The molecule has 2 heterocycles. The summed E-state index contributed by atoms with van der Waals surface area (Å²) in [5, 5.41) is 10.8. The van der Waals surface area contributed by atoms with Gasteiger partial charge in [-0.05, 0) is 25.1 Å². The summed E-state index contributed by atoms with van der Waals surface area (Å²) in [5.74, 6) is 0.806. The van der Waals surface area contributed by atoms with Gasteiger partial charge in [0.2, 0.25) is 0 Å². The largest absolute Gasteiger partial charge is 0.508 e. The van der Waals surface area contributed by atoms with Gasteiger partial charge >= 0.3 is 0 Å². The molecule has 0 aliphatic rings. The first-order valence-corrected chi connectivity index (χ1v) is 5.59. The minimum absolute atomic E-state index is 0.126. The third-order valence-electron chi connectivity index (χ3n) is 2.45. The second kappa shape index (κ2) is 3.05. The Bertz CT molecular complexity index is 758. The molecule has 0 radical (unpaired) electrons. The van der Waals surface area contributed by atoms with E-state index in [2.05, 4.69) is 9.97 Å². The Balaban J connectivity index is 2.61. The highest BCUT2D eigenvalue weighted by Crippen LogP contribution is 2.32. The number of hydrogen-bond acceptors (Lipinski definition) is 4. The summed E-state index contributed by atoms with van der Waals surface area (Å²) in [6, 6.07) is 4.97. The van der Waals surface area contributed by atoms with Crippen molar-refractivity contribution in [3.05, 3.63) is 34.4 Å². The van der Waals surface area contributed by atoms with Crippen molar-refractivity contribution in [1.82, 2.24) is 9.97 Å². The van der Waals surface area contributed by atoms with E-state index in [0.717, 1.165) is 10.1 Å². The van der Waals surface area contributed by atoms with Gasteiger partial charge < -0.3 is 10.1 Å². The summed E-state index contributed by atoms with van der Waals surface area (Å²) in [7, 11) is 0. The van der Waals surface area contributed by atoms with Crippen molar-refractivity contribution in [2.75, 3.05) is 0 Å². The summed E-state index contributed by atoms with van der Waals surface area (Å²) in [6.07, 6.45) is 0. The van der Waals surface area contributed by atoms with E-state index in [1.54, 1.807) is 25.1 Å². The van der Waals surface area contributed by atoms with Crippen molar-refractivity contribution >= 4 is 31.6 Å². The highest BCUT2D eigenvalue weighted by atomic mass is 32.1. The Hall–Kier alpha value is -1.88. The molecule has 0 saturated heterocycles. The highest BCUT2D eigenvalue weighted by molar-refractivity contribution is 7.25. The molecule has 0 amide bonds. The van der Waals surface area contributed by atoms with Crippen molar-refractivity contribution in [1.29, 1.82) is 0 Å². The van der Waals surface area contributed by atoms with Crippen LogP contribution in [0.1, 0.15) is 5.82 Å². The fraction of sp³-hybridized carbons (Fsp3) is 0.0909. The van der Waals surface area contributed by atoms with E-state index in [1.165, 1.54) is 11.3 Å². The average molecular weight is 232 g/mol. The maximum Gasteiger partial charge on any atom is 0.260 e. The topological polar surface area (TPSA) is 66.0 Å². The Kier molecular flexibility index (Phi) is 1.79. The summed E-state index contributed by atoms with van der Waals surface area (Å²) in [4.78, 5) is 19.5. The molecule has 1 aromatic carbocycles. The van der Waals surface area contributed by atoms with Gasteiger partial charge in [-0.15, -0.1) is 11.3 Å². The fourth-order valence-corrected chi connectivity index (χ4v) is 2.93. The number of aromatic nitrogens is 2. The molecule has 3 rings (SSSR count). The van der Waals surface area contributed by atoms with Crippen LogP contribution in [-0.2, 0) is 0 Å². The Morgan fingerprint density at radius 3 is 3.06 bits per heavy atom. The van der Waals surface area contributed by atoms with Crippen LogP contribution in [-0.4, -0.2) is 15.1 Å². The van der Waals surface area contributed by atoms with Gasteiger partial charge in [-0.3, -0.25) is 4.79 Å². The summed E-state index contributed by atoms with van der Waals surface area (Å²) < 4.78 is 0.874. The Morgan fingerprint density at radius 1 is 1.44 bits per heavy atom. The number of aryl methyl sites for hydroxylation is 1. The van der Waals surface area contributed by atoms with E-state index < -0.39 is 0 Å². The Morgan fingerprint density at radius 2 is 2.25 bits per heavy atom. The van der Waals surface area contributed by atoms with Gasteiger partial charge in [0, 0.05) is 10.1 Å². The lowest BCUT2D eigenvalue weighted by Gasteiger charge is -1.93. The maximum absolute atomic E-state index is 11.8. The molecule has 0 atom stereocenters. The number of hydrogen-bond donors (Lipinski definition) is 2. The first-order valence-electron chi connectivity index (χ1n) is 4.77. The smallest absolute Gasteiger partial charge is 0.260 e. The molecule has 3 aromatic rings. The van der Waals surface area contributed by atoms with Gasteiger partial charge in [0.15, 0.2) is 0 Å². The molecule has 80 valence electrons. The number of phenols is 1. The number of rotatable bonds is 0. The zero-order chi connectivity index (χ0) is 11.3. The van der Waals surface area contributed by atoms with Crippen molar-refractivity contribution in [3.8, 4) is 5.75 Å². The molecule has 0 fully saturated rings. The van der Waals surface area contributed by atoms with Gasteiger partial charge in [-0.25, -0.2) is 4.98 Å². The van der Waals surface area contributed by atoms with Crippen molar-refractivity contribution in [2.45, 2.75) is 6.92 Å². The van der Waals surface area contributed by atoms with Crippen LogP contribution in [0.25, 0.3) is 20.3 Å². The average Bonchev–Trinajstić information content (AvgIpc) is 2.54. The zero-order valence-electron chi connectivity index (χ0n) is 8.44. The van der Waals surface area contributed by atoms with Crippen LogP contribution >= 0.6 is 11.3 Å². The van der Waals surface area contributed by atoms with E-state index >= 15 is 0 Å². The Labute approximate surface area is 94.2 Å². The molecule has 0 aliphatic carbocycles. The van der Waals surface area contributed by atoms with Crippen molar-refractivity contribution < 1.29 is 5.11 Å². The molecule has 0 bridgehead atoms. The second-order valence-electron chi connectivity index (χ2n) is 3.61. The van der Waals surface area contributed by atoms with E-state index in [-0.39, 0.29) is 11.3 Å². The fourth-order valence-electron chi connectivity index (χ4n) is 1.78. The molecule has 0 unspecified atom stereocenters. The normalized spacial score (nSPS) is 11.3. The number of thiophene rings is 1. The quantitative estimate of drug-likeness (QED) is 0.624. The number of phenolic OH excluding ortho intramolecular Hbond substituents is 1. The first-order chi connectivity index (χ1) is 7.65. The highest BCUT2D eigenvalue weighted by Gasteiger charge is 2.10. The van der Waals surface area contributed by atoms with Crippen molar-refractivity contribution in [2.24, 2.45) is 0 Å². The summed E-state index contributed by atoms with van der Waals surface area (Å²) in [5.41, 5.74) is -0.126. The molecule has 2 N–H and O–H groups in total. The lowest BCUT2D eigenvalue weighted by molar-refractivity contribution is 0.476. The van der Waals surface area contributed by atoms with E-state index in [0.29, 0.717) is 16.0 Å². The molecular weight excluding hydrogens is 224 g/mol. The molecule has 16 heavy (non-hydrogen) atoms. The molecule has 0 saturated carbocycles. The number of nitrogens with zero attached hydrogens (tertiary/aromatic N) is 1. The maximum atomic E-state index is 11.8. The first kappa shape index (κ1) is 9.35. The van der Waals surface area contributed by atoms with Gasteiger partial charge in [0.25, 0.3) is 5.56 Å². The second-order valence-corrected chi connectivity index (χ2v) is 4.64. The minimum Gasteiger partial charge on any atom is -0.508 e. The van der Waals surface area contributed by atoms with Gasteiger partial charge in [0.1, 0.15) is 16.4 Å². The molecular formula is C11H8N2O2S. The van der Waals surface area contributed by atoms with Crippen LogP contribution in [0.5, 0.6) is 5.75 Å². The van der Waals surface area contributed by atoms with Gasteiger partial charge in [-0.2, -0.15) is 0 Å². The molecule has 4 nitrogen and oxygen atoms in total. The van der Waals surface area contributed by atoms with E-state index in [4.69, 9.17) is 0 Å². The standard InChI is InChI=1S/C11H8N2O2S/c1-5-12-10(15)9-7-3-2-6(14)4-8(7)16-11(9)13-5/h2-4,14H,1H3,(H,12,13,15). The number of aromatic amines is 1. The summed E-state index contributed by atoms with van der Waals surface area (Å²) >= 11 is 1.41. The number of nitrogens with one attached hydrogen (secondary N) is 1. The van der Waals surface area contributed by atoms with Crippen LogP contribution in [0.4, 0.5) is 0 Å². The van der Waals surface area contributed by atoms with E-state index in [9.17, 15) is 9.90 Å². The number of fused-ring (bicyclic) bond motifs is 3. The number of H-pyrrole nitrogens is 1. The SMILES string of the molecule is Cc1nc2sc3cc(O)ccc3c2c(=O)[nH]1. The lowest BCUT2D eigenvalue weighted by Crippen LogP contribution is -2.08. The van der Waals surface area contributed by atoms with Crippen LogP contribution in [0, 0.1) is 6.92 Å². The van der Waals surface area contributed by atoms with Crippen LogP contribution in [0.15, 0.2) is 23.0 Å². The lowest BCUT2D eigenvalue weighted by atomic mass is 10.2. The van der Waals surface area contributed by atoms with Crippen LogP contribution in [0.2, 0.25) is 0 Å². The number of benzene rings is 1. The third-order valence-corrected chi connectivity index (χ3v) is 3.49. The third kappa shape index (κ3) is 1.22. The zero-order valence-corrected chi connectivity index (χ0v) is 9.26. The minimum atomic E-state index is -0.126. The molecule has 5 heteroatoms. The van der Waals surface area contributed by atoms with Gasteiger partial charge in [-0.1, -0.05) is 0 Å². The predicted octanol–water partition coefficient (Wildman–Crippen LogP) is 2.15. The van der Waals surface area contributed by atoms with Crippen molar-refractivity contribution in [3.63, 3.8) is 0 Å². The van der Waals surface area contributed by atoms with Gasteiger partial charge in [0.05, 0.1) is 5.39 Å².